The number of hydrogen-bond donors (Lipinski definition) is 2. The predicted molar refractivity (Wildman–Crippen MR) is 83.7 cm³/mol. The highest BCUT2D eigenvalue weighted by Gasteiger charge is 2.22. The summed E-state index contributed by atoms with van der Waals surface area (Å²) < 4.78 is 0. The van der Waals surface area contributed by atoms with Crippen LogP contribution in [0.25, 0.3) is 0 Å². The second-order valence-electron chi connectivity index (χ2n) is 5.87. The van der Waals surface area contributed by atoms with Crippen LogP contribution in [0.3, 0.4) is 0 Å². The molecule has 3 N–H and O–H groups in total. The molecule has 5 heteroatoms. The smallest absolute Gasteiger partial charge is 0.194 e. The van der Waals surface area contributed by atoms with Gasteiger partial charge in [-0.25, -0.2) is 4.98 Å². The fourth-order valence-corrected chi connectivity index (χ4v) is 2.58. The lowest BCUT2D eigenvalue weighted by molar-refractivity contribution is 0.288. The Morgan fingerprint density at radius 1 is 1.55 bits per heavy atom. The van der Waals surface area contributed by atoms with Crippen LogP contribution in [0.4, 0.5) is 5.82 Å². The molecule has 1 aliphatic heterocycles. The van der Waals surface area contributed by atoms with Crippen molar-refractivity contribution in [1.82, 2.24) is 9.88 Å². The van der Waals surface area contributed by atoms with Crippen molar-refractivity contribution in [2.45, 2.75) is 20.3 Å². The van der Waals surface area contributed by atoms with Crippen LogP contribution in [-0.4, -0.2) is 42.0 Å². The van der Waals surface area contributed by atoms with E-state index in [0.717, 1.165) is 24.8 Å². The van der Waals surface area contributed by atoms with E-state index in [1.807, 2.05) is 18.2 Å². The summed E-state index contributed by atoms with van der Waals surface area (Å²) in [7, 11) is 0. The van der Waals surface area contributed by atoms with E-state index in [9.17, 15) is 0 Å². The van der Waals surface area contributed by atoms with Crippen LogP contribution in [0, 0.1) is 11.8 Å². The van der Waals surface area contributed by atoms with Crippen molar-refractivity contribution in [1.29, 1.82) is 0 Å². The van der Waals surface area contributed by atoms with E-state index in [1.54, 1.807) is 6.20 Å². The van der Waals surface area contributed by atoms with Gasteiger partial charge in [-0.15, -0.1) is 0 Å². The van der Waals surface area contributed by atoms with Crippen molar-refractivity contribution < 1.29 is 0 Å². The Bertz CT molecular complexity index is 429. The van der Waals surface area contributed by atoms with Crippen molar-refractivity contribution in [2.75, 3.05) is 31.5 Å². The minimum atomic E-state index is 0.450. The van der Waals surface area contributed by atoms with Crippen molar-refractivity contribution >= 4 is 11.8 Å². The first-order valence-electron chi connectivity index (χ1n) is 7.34. The Morgan fingerprint density at radius 3 is 3.10 bits per heavy atom. The highest BCUT2D eigenvalue weighted by molar-refractivity contribution is 5.91. The van der Waals surface area contributed by atoms with Gasteiger partial charge < -0.3 is 16.0 Å². The molecule has 0 amide bonds. The molecule has 0 radical (unpaired) electrons. The third-order valence-corrected chi connectivity index (χ3v) is 3.43. The van der Waals surface area contributed by atoms with Crippen molar-refractivity contribution in [3.05, 3.63) is 24.4 Å². The van der Waals surface area contributed by atoms with E-state index in [2.05, 4.69) is 34.0 Å². The molecule has 1 aliphatic rings. The highest BCUT2D eigenvalue weighted by atomic mass is 15.2. The Balaban J connectivity index is 1.75. The molecule has 1 aromatic rings. The van der Waals surface area contributed by atoms with Crippen molar-refractivity contribution in [3.63, 3.8) is 0 Å². The Morgan fingerprint density at radius 2 is 2.40 bits per heavy atom. The minimum absolute atomic E-state index is 0.450. The summed E-state index contributed by atoms with van der Waals surface area (Å²) in [6.07, 6.45) is 2.95. The van der Waals surface area contributed by atoms with Gasteiger partial charge in [0.1, 0.15) is 5.82 Å². The van der Waals surface area contributed by atoms with Gasteiger partial charge in [-0.3, -0.25) is 4.99 Å². The first-order chi connectivity index (χ1) is 9.63. The topological polar surface area (TPSA) is 66.5 Å². The zero-order chi connectivity index (χ0) is 14.4. The molecule has 110 valence electrons. The number of guanidine groups is 1. The standard InChI is InChI=1S/C15H25N5/c1-12(2)10-20-8-6-13(11-20)9-18-15(16)19-14-5-3-4-7-17-14/h3-5,7,12-13H,6,8-11H2,1-2H3,(H3,16,17,18,19). The van der Waals surface area contributed by atoms with Gasteiger partial charge >= 0.3 is 0 Å². The van der Waals surface area contributed by atoms with Gasteiger partial charge in [-0.2, -0.15) is 0 Å². The van der Waals surface area contributed by atoms with Gasteiger partial charge in [-0.1, -0.05) is 19.9 Å². The van der Waals surface area contributed by atoms with Crippen molar-refractivity contribution in [3.8, 4) is 0 Å². The molecule has 0 spiro atoms. The van der Waals surface area contributed by atoms with Crippen LogP contribution in [0.1, 0.15) is 20.3 Å². The monoisotopic (exact) mass is 275 g/mol. The van der Waals surface area contributed by atoms with E-state index in [0.29, 0.717) is 11.9 Å². The summed E-state index contributed by atoms with van der Waals surface area (Å²) in [6.45, 7) is 8.83. The quantitative estimate of drug-likeness (QED) is 0.635. The third kappa shape index (κ3) is 4.81. The Labute approximate surface area is 121 Å². The number of aromatic nitrogens is 1. The summed E-state index contributed by atoms with van der Waals surface area (Å²) in [6, 6.07) is 5.67. The average molecular weight is 275 g/mol. The van der Waals surface area contributed by atoms with Gasteiger partial charge in [-0.05, 0) is 36.9 Å². The molecule has 0 saturated carbocycles. The lowest BCUT2D eigenvalue weighted by Gasteiger charge is -2.17. The lowest BCUT2D eigenvalue weighted by Crippen LogP contribution is -2.27. The number of hydrogen-bond acceptors (Lipinski definition) is 3. The van der Waals surface area contributed by atoms with Gasteiger partial charge in [0.25, 0.3) is 0 Å². The number of pyridine rings is 1. The van der Waals surface area contributed by atoms with E-state index in [4.69, 9.17) is 5.73 Å². The van der Waals surface area contributed by atoms with Crippen LogP contribution in [-0.2, 0) is 0 Å². The van der Waals surface area contributed by atoms with Crippen LogP contribution in [0.2, 0.25) is 0 Å². The minimum Gasteiger partial charge on any atom is -0.370 e. The molecule has 1 fully saturated rings. The second kappa shape index (κ2) is 7.24. The van der Waals surface area contributed by atoms with Gasteiger partial charge in [0.15, 0.2) is 5.96 Å². The third-order valence-electron chi connectivity index (χ3n) is 3.43. The van der Waals surface area contributed by atoms with Crippen molar-refractivity contribution in [2.24, 2.45) is 22.6 Å². The number of nitrogens with one attached hydrogen (secondary N) is 1. The van der Waals surface area contributed by atoms with Crippen LogP contribution in [0.5, 0.6) is 0 Å². The number of nitrogens with zero attached hydrogens (tertiary/aromatic N) is 3. The molecule has 0 bridgehead atoms. The average Bonchev–Trinajstić information content (AvgIpc) is 2.84. The van der Waals surface area contributed by atoms with Gasteiger partial charge in [0, 0.05) is 25.8 Å². The fraction of sp³-hybridized carbons (Fsp3) is 0.600. The molecule has 1 saturated heterocycles. The summed E-state index contributed by atoms with van der Waals surface area (Å²) in [5.74, 6) is 2.54. The number of rotatable bonds is 5. The zero-order valence-corrected chi connectivity index (χ0v) is 12.4. The maximum absolute atomic E-state index is 5.88. The fourth-order valence-electron chi connectivity index (χ4n) is 2.58. The molecule has 0 aromatic carbocycles. The number of aliphatic imine (C=N–C) groups is 1. The lowest BCUT2D eigenvalue weighted by atomic mass is 10.1. The van der Waals surface area contributed by atoms with E-state index in [-0.39, 0.29) is 0 Å². The first kappa shape index (κ1) is 14.8. The van der Waals surface area contributed by atoms with Crippen LogP contribution < -0.4 is 11.1 Å². The molecule has 1 aromatic heterocycles. The molecular formula is C15H25N5. The summed E-state index contributed by atoms with van der Waals surface area (Å²) in [5.41, 5.74) is 5.88. The molecular weight excluding hydrogens is 250 g/mol. The molecule has 0 aliphatic carbocycles. The maximum atomic E-state index is 5.88. The Hall–Kier alpha value is -1.62. The summed E-state index contributed by atoms with van der Waals surface area (Å²) in [5, 5.41) is 3.01. The van der Waals surface area contributed by atoms with Gasteiger partial charge in [0.2, 0.25) is 0 Å². The van der Waals surface area contributed by atoms with E-state index >= 15 is 0 Å². The van der Waals surface area contributed by atoms with E-state index in [1.165, 1.54) is 19.5 Å². The zero-order valence-electron chi connectivity index (χ0n) is 12.4. The molecule has 5 nitrogen and oxygen atoms in total. The second-order valence-corrected chi connectivity index (χ2v) is 5.87. The molecule has 1 atom stereocenters. The highest BCUT2D eigenvalue weighted by Crippen LogP contribution is 2.17. The van der Waals surface area contributed by atoms with E-state index < -0.39 is 0 Å². The largest absolute Gasteiger partial charge is 0.370 e. The summed E-state index contributed by atoms with van der Waals surface area (Å²) in [4.78, 5) is 11.1. The molecule has 1 unspecified atom stereocenters. The molecule has 2 rings (SSSR count). The number of anilines is 1. The SMILES string of the molecule is CC(C)CN1CCC(CN=C(N)Nc2ccccn2)C1. The molecule has 20 heavy (non-hydrogen) atoms. The maximum Gasteiger partial charge on any atom is 0.194 e. The van der Waals surface area contributed by atoms with Crippen LogP contribution in [0.15, 0.2) is 29.4 Å². The number of nitrogens with two attached hydrogens (primary N) is 1. The summed E-state index contributed by atoms with van der Waals surface area (Å²) >= 11 is 0. The predicted octanol–water partition coefficient (Wildman–Crippen LogP) is 1.79. The molecule has 2 heterocycles. The van der Waals surface area contributed by atoms with Gasteiger partial charge in [0.05, 0.1) is 0 Å². The van der Waals surface area contributed by atoms with Crippen LogP contribution >= 0.6 is 0 Å². The number of likely N-dealkylation sites (tertiary alicyclic amines) is 1. The normalized spacial score (nSPS) is 20.6. The first-order valence-corrected chi connectivity index (χ1v) is 7.34. The Kier molecular flexibility index (Phi) is 5.35.